The van der Waals surface area contributed by atoms with Crippen LogP contribution < -0.4 is 9.72 Å². The number of benzene rings is 1. The van der Waals surface area contributed by atoms with Gasteiger partial charge >= 0.3 is 0 Å². The lowest BCUT2D eigenvalue weighted by atomic mass is 10.1. The summed E-state index contributed by atoms with van der Waals surface area (Å²) in [6.45, 7) is 2.70. The summed E-state index contributed by atoms with van der Waals surface area (Å²) in [4.78, 5) is 3.05. The molecule has 0 aliphatic carbocycles. The van der Waals surface area contributed by atoms with E-state index in [2.05, 4.69) is 11.1 Å². The molecule has 2 aromatic rings. The minimum Gasteiger partial charge on any atom is -0.493 e. The van der Waals surface area contributed by atoms with Crippen molar-refractivity contribution in [1.29, 1.82) is 0 Å². The standard InChI is InChI=1S/C11H11NO/c1-2-13-11-5-3-4-9-8-12-7-6-10(9)11/h3-8H,2H2,1H3/p+1. The molecule has 0 atom stereocenters. The molecule has 0 bridgehead atoms. The van der Waals surface area contributed by atoms with E-state index < -0.39 is 0 Å². The van der Waals surface area contributed by atoms with Crippen molar-refractivity contribution in [2.24, 2.45) is 0 Å². The lowest BCUT2D eigenvalue weighted by molar-refractivity contribution is -0.375. The Morgan fingerprint density at radius 2 is 2.23 bits per heavy atom. The van der Waals surface area contributed by atoms with E-state index in [1.807, 2.05) is 37.5 Å². The first-order valence-electron chi connectivity index (χ1n) is 4.43. The first-order valence-corrected chi connectivity index (χ1v) is 4.43. The average Bonchev–Trinajstić information content (AvgIpc) is 2.19. The highest BCUT2D eigenvalue weighted by Gasteiger charge is 2.01. The summed E-state index contributed by atoms with van der Waals surface area (Å²) >= 11 is 0. The van der Waals surface area contributed by atoms with Gasteiger partial charge in [0.25, 0.3) is 0 Å². The molecule has 2 rings (SSSR count). The summed E-state index contributed by atoms with van der Waals surface area (Å²) in [5, 5.41) is 2.33. The van der Waals surface area contributed by atoms with Gasteiger partial charge < -0.3 is 4.74 Å². The predicted molar refractivity (Wildman–Crippen MR) is 51.7 cm³/mol. The average molecular weight is 174 g/mol. The molecule has 0 unspecified atom stereocenters. The molecule has 0 saturated carbocycles. The fraction of sp³-hybridized carbons (Fsp3) is 0.182. The van der Waals surface area contributed by atoms with Crippen molar-refractivity contribution in [2.75, 3.05) is 6.61 Å². The van der Waals surface area contributed by atoms with Crippen molar-refractivity contribution in [3.63, 3.8) is 0 Å². The van der Waals surface area contributed by atoms with E-state index in [9.17, 15) is 0 Å². The van der Waals surface area contributed by atoms with E-state index in [-0.39, 0.29) is 0 Å². The van der Waals surface area contributed by atoms with Gasteiger partial charge in [-0.1, -0.05) is 6.07 Å². The topological polar surface area (TPSA) is 23.4 Å². The van der Waals surface area contributed by atoms with Crippen molar-refractivity contribution in [2.45, 2.75) is 6.92 Å². The summed E-state index contributed by atoms with van der Waals surface area (Å²) < 4.78 is 5.51. The lowest BCUT2D eigenvalue weighted by Gasteiger charge is -2.04. The Hall–Kier alpha value is -1.57. The SMILES string of the molecule is CCOc1cccc2c[nH+]ccc12. The Morgan fingerprint density at radius 3 is 3.08 bits per heavy atom. The molecular formula is C11H12NO+. The van der Waals surface area contributed by atoms with Crippen molar-refractivity contribution in [3.8, 4) is 5.75 Å². The Bertz CT molecular complexity index is 406. The molecular weight excluding hydrogens is 162 g/mol. The third kappa shape index (κ3) is 1.47. The zero-order valence-electron chi connectivity index (χ0n) is 7.58. The van der Waals surface area contributed by atoms with Gasteiger partial charge in [-0.2, -0.15) is 0 Å². The molecule has 13 heavy (non-hydrogen) atoms. The molecule has 1 aromatic carbocycles. The molecule has 1 heterocycles. The molecule has 0 radical (unpaired) electrons. The Kier molecular flexibility index (Phi) is 2.13. The molecule has 0 fully saturated rings. The van der Waals surface area contributed by atoms with Crippen LogP contribution in [0.3, 0.4) is 0 Å². The van der Waals surface area contributed by atoms with Crippen LogP contribution >= 0.6 is 0 Å². The highest BCUT2D eigenvalue weighted by molar-refractivity contribution is 5.86. The van der Waals surface area contributed by atoms with E-state index in [4.69, 9.17) is 4.74 Å². The van der Waals surface area contributed by atoms with Gasteiger partial charge in [0.2, 0.25) is 0 Å². The maximum atomic E-state index is 5.51. The van der Waals surface area contributed by atoms with E-state index in [0.29, 0.717) is 6.61 Å². The van der Waals surface area contributed by atoms with Crippen LogP contribution in [-0.2, 0) is 0 Å². The smallest absolute Gasteiger partial charge is 0.175 e. The maximum Gasteiger partial charge on any atom is 0.175 e. The second kappa shape index (κ2) is 3.44. The zero-order valence-corrected chi connectivity index (χ0v) is 7.58. The number of nitrogens with one attached hydrogen (secondary N) is 1. The van der Waals surface area contributed by atoms with Gasteiger partial charge in [-0.3, -0.25) is 0 Å². The Balaban J connectivity index is 2.61. The number of aromatic amines is 1. The Morgan fingerprint density at radius 1 is 1.31 bits per heavy atom. The summed E-state index contributed by atoms with van der Waals surface area (Å²) in [6, 6.07) is 8.09. The zero-order chi connectivity index (χ0) is 9.10. The molecule has 0 aliphatic rings. The minimum absolute atomic E-state index is 0.706. The monoisotopic (exact) mass is 174 g/mol. The predicted octanol–water partition coefficient (Wildman–Crippen LogP) is 2.05. The van der Waals surface area contributed by atoms with Gasteiger partial charge in [-0.25, -0.2) is 4.98 Å². The lowest BCUT2D eigenvalue weighted by Crippen LogP contribution is -1.99. The van der Waals surface area contributed by atoms with Crippen molar-refractivity contribution in [3.05, 3.63) is 36.7 Å². The largest absolute Gasteiger partial charge is 0.493 e. The van der Waals surface area contributed by atoms with E-state index >= 15 is 0 Å². The second-order valence-corrected chi connectivity index (χ2v) is 2.84. The number of hydrogen-bond donors (Lipinski definition) is 0. The number of ether oxygens (including phenoxy) is 1. The molecule has 0 saturated heterocycles. The normalized spacial score (nSPS) is 10.2. The number of hydrogen-bond acceptors (Lipinski definition) is 1. The first kappa shape index (κ1) is 8.05. The number of H-pyrrole nitrogens is 1. The molecule has 2 nitrogen and oxygen atoms in total. The minimum atomic E-state index is 0.706. The molecule has 66 valence electrons. The van der Waals surface area contributed by atoms with Gasteiger partial charge in [0.15, 0.2) is 12.4 Å². The summed E-state index contributed by atoms with van der Waals surface area (Å²) in [6.07, 6.45) is 3.88. The third-order valence-electron chi connectivity index (χ3n) is 1.98. The molecule has 0 spiro atoms. The number of pyridine rings is 1. The maximum absolute atomic E-state index is 5.51. The van der Waals surface area contributed by atoms with Crippen LogP contribution in [0.2, 0.25) is 0 Å². The third-order valence-corrected chi connectivity index (χ3v) is 1.98. The van der Waals surface area contributed by atoms with Crippen LogP contribution in [0.15, 0.2) is 36.7 Å². The fourth-order valence-electron chi connectivity index (χ4n) is 1.42. The van der Waals surface area contributed by atoms with Crippen LogP contribution in [0.5, 0.6) is 5.75 Å². The van der Waals surface area contributed by atoms with Gasteiger partial charge in [0.1, 0.15) is 5.75 Å². The van der Waals surface area contributed by atoms with Crippen LogP contribution in [0, 0.1) is 0 Å². The van der Waals surface area contributed by atoms with Crippen LogP contribution in [0.4, 0.5) is 0 Å². The van der Waals surface area contributed by atoms with E-state index in [1.54, 1.807) is 0 Å². The molecule has 1 N–H and O–H groups in total. The number of rotatable bonds is 2. The quantitative estimate of drug-likeness (QED) is 0.683. The Labute approximate surface area is 77.2 Å². The molecule has 0 amide bonds. The van der Waals surface area contributed by atoms with Crippen LogP contribution in [0.25, 0.3) is 10.8 Å². The van der Waals surface area contributed by atoms with Gasteiger partial charge in [-0.05, 0) is 19.1 Å². The molecule has 1 aromatic heterocycles. The van der Waals surface area contributed by atoms with Gasteiger partial charge in [0, 0.05) is 16.8 Å². The van der Waals surface area contributed by atoms with Crippen molar-refractivity contribution < 1.29 is 9.72 Å². The highest BCUT2D eigenvalue weighted by atomic mass is 16.5. The van der Waals surface area contributed by atoms with Crippen LogP contribution in [0.1, 0.15) is 6.92 Å². The van der Waals surface area contributed by atoms with E-state index in [0.717, 1.165) is 11.1 Å². The number of fused-ring (bicyclic) bond motifs is 1. The number of aromatic nitrogens is 1. The molecule has 0 aliphatic heterocycles. The van der Waals surface area contributed by atoms with Crippen molar-refractivity contribution in [1.82, 2.24) is 0 Å². The van der Waals surface area contributed by atoms with Gasteiger partial charge in [0.05, 0.1) is 6.61 Å². The fourth-order valence-corrected chi connectivity index (χ4v) is 1.42. The highest BCUT2D eigenvalue weighted by Crippen LogP contribution is 2.23. The molecule has 2 heteroatoms. The second-order valence-electron chi connectivity index (χ2n) is 2.84. The van der Waals surface area contributed by atoms with Crippen molar-refractivity contribution >= 4 is 10.8 Å². The van der Waals surface area contributed by atoms with Crippen LogP contribution in [-0.4, -0.2) is 6.61 Å². The summed E-state index contributed by atoms with van der Waals surface area (Å²) in [5.41, 5.74) is 0. The first-order chi connectivity index (χ1) is 6.42. The van der Waals surface area contributed by atoms with E-state index in [1.165, 1.54) is 5.39 Å². The summed E-state index contributed by atoms with van der Waals surface area (Å²) in [7, 11) is 0. The summed E-state index contributed by atoms with van der Waals surface area (Å²) in [5.74, 6) is 0.953. The van der Waals surface area contributed by atoms with Gasteiger partial charge in [-0.15, -0.1) is 0 Å².